The number of nitrogens with one attached hydrogen (secondary N) is 2. The average Bonchev–Trinajstić information content (AvgIpc) is 2.04. The molecule has 0 aromatic heterocycles. The molecule has 0 aromatic carbocycles. The first-order valence-electron chi connectivity index (χ1n) is 5.73. The standard InChI is InChI=1S/C11H19N3O3/c1-9(2,3)17-8(16)13-11-4-10(5-11,6-11)7(15)14-12/h4-6,12H2,1-3H3,(H,13,16)(H,14,15). The molecule has 3 aliphatic rings. The lowest BCUT2D eigenvalue weighted by atomic mass is 9.39. The van der Waals surface area contributed by atoms with Crippen molar-refractivity contribution in [2.75, 3.05) is 0 Å². The quantitative estimate of drug-likeness (QED) is 0.371. The monoisotopic (exact) mass is 241 g/mol. The van der Waals surface area contributed by atoms with Crippen LogP contribution in [0.15, 0.2) is 0 Å². The van der Waals surface area contributed by atoms with Gasteiger partial charge in [0.25, 0.3) is 0 Å². The number of hydrogen-bond donors (Lipinski definition) is 3. The Morgan fingerprint density at radius 1 is 1.24 bits per heavy atom. The van der Waals surface area contributed by atoms with Gasteiger partial charge in [-0.3, -0.25) is 10.2 Å². The number of hydrazine groups is 1. The highest BCUT2D eigenvalue weighted by atomic mass is 16.6. The summed E-state index contributed by atoms with van der Waals surface area (Å²) in [5.74, 6) is 4.97. The van der Waals surface area contributed by atoms with Crippen molar-refractivity contribution in [2.45, 2.75) is 51.2 Å². The molecule has 0 radical (unpaired) electrons. The van der Waals surface area contributed by atoms with Crippen molar-refractivity contribution in [3.05, 3.63) is 0 Å². The molecular weight excluding hydrogens is 222 g/mol. The Bertz CT molecular complexity index is 353. The molecule has 2 bridgehead atoms. The maximum atomic E-state index is 11.6. The second-order valence-corrected chi connectivity index (χ2v) is 6.19. The zero-order valence-corrected chi connectivity index (χ0v) is 10.4. The summed E-state index contributed by atoms with van der Waals surface area (Å²) in [6.45, 7) is 5.45. The third-order valence-corrected chi connectivity index (χ3v) is 3.41. The molecular formula is C11H19N3O3. The third-order valence-electron chi connectivity index (χ3n) is 3.41. The Morgan fingerprint density at radius 3 is 2.18 bits per heavy atom. The number of carbonyl (C=O) groups is 2. The summed E-state index contributed by atoms with van der Waals surface area (Å²) in [5, 5.41) is 2.84. The zero-order chi connectivity index (χ0) is 12.9. The summed E-state index contributed by atoms with van der Waals surface area (Å²) in [6.07, 6.45) is 1.55. The van der Waals surface area contributed by atoms with Gasteiger partial charge in [-0.15, -0.1) is 0 Å². The molecule has 0 atom stereocenters. The first-order chi connectivity index (χ1) is 7.70. The molecule has 96 valence electrons. The van der Waals surface area contributed by atoms with Gasteiger partial charge in [0.15, 0.2) is 0 Å². The Balaban J connectivity index is 1.82. The summed E-state index contributed by atoms with van der Waals surface area (Å²) in [5.41, 5.74) is 1.09. The summed E-state index contributed by atoms with van der Waals surface area (Å²) in [4.78, 5) is 23.0. The molecule has 4 N–H and O–H groups in total. The van der Waals surface area contributed by atoms with Crippen molar-refractivity contribution in [1.29, 1.82) is 0 Å². The van der Waals surface area contributed by atoms with Crippen molar-refractivity contribution in [3.63, 3.8) is 0 Å². The van der Waals surface area contributed by atoms with E-state index in [1.54, 1.807) is 0 Å². The molecule has 0 aliphatic heterocycles. The molecule has 6 heteroatoms. The van der Waals surface area contributed by atoms with E-state index in [1.807, 2.05) is 20.8 Å². The van der Waals surface area contributed by atoms with Crippen LogP contribution in [0.3, 0.4) is 0 Å². The van der Waals surface area contributed by atoms with E-state index in [0.29, 0.717) is 19.3 Å². The summed E-state index contributed by atoms with van der Waals surface area (Å²) < 4.78 is 5.18. The maximum Gasteiger partial charge on any atom is 0.408 e. The van der Waals surface area contributed by atoms with Crippen LogP contribution in [0.25, 0.3) is 0 Å². The van der Waals surface area contributed by atoms with Crippen LogP contribution < -0.4 is 16.6 Å². The number of nitrogens with two attached hydrogens (primary N) is 1. The lowest BCUT2D eigenvalue weighted by Gasteiger charge is -2.68. The van der Waals surface area contributed by atoms with Gasteiger partial charge in [-0.1, -0.05) is 0 Å². The van der Waals surface area contributed by atoms with Crippen LogP contribution >= 0.6 is 0 Å². The van der Waals surface area contributed by atoms with E-state index < -0.39 is 11.7 Å². The fraction of sp³-hybridized carbons (Fsp3) is 0.818. The minimum absolute atomic E-state index is 0.134. The van der Waals surface area contributed by atoms with E-state index in [9.17, 15) is 9.59 Å². The predicted octanol–water partition coefficient (Wildman–Crippen LogP) is 0.424. The molecule has 0 unspecified atom stereocenters. The van der Waals surface area contributed by atoms with Crippen LogP contribution in [0, 0.1) is 5.41 Å². The van der Waals surface area contributed by atoms with Gasteiger partial charge in [0.1, 0.15) is 5.60 Å². The maximum absolute atomic E-state index is 11.6. The van der Waals surface area contributed by atoms with Crippen LogP contribution in [0.5, 0.6) is 0 Å². The van der Waals surface area contributed by atoms with Gasteiger partial charge in [0.2, 0.25) is 5.91 Å². The molecule has 3 rings (SSSR count). The first kappa shape index (κ1) is 12.2. The van der Waals surface area contributed by atoms with Crippen molar-refractivity contribution in [2.24, 2.45) is 11.3 Å². The third kappa shape index (κ3) is 1.97. The molecule has 6 nitrogen and oxygen atoms in total. The zero-order valence-electron chi connectivity index (χ0n) is 10.4. The Hall–Kier alpha value is -1.30. The summed E-state index contributed by atoms with van der Waals surface area (Å²) in [6, 6.07) is 0. The second-order valence-electron chi connectivity index (χ2n) is 6.19. The Kier molecular flexibility index (Phi) is 2.40. The lowest BCUT2D eigenvalue weighted by Crippen LogP contribution is -2.78. The van der Waals surface area contributed by atoms with Crippen molar-refractivity contribution in [1.82, 2.24) is 10.7 Å². The number of alkyl carbamates (subject to hydrolysis) is 1. The molecule has 2 amide bonds. The van der Waals surface area contributed by atoms with Crippen LogP contribution in [-0.2, 0) is 9.53 Å². The normalized spacial score (nSPS) is 34.1. The van der Waals surface area contributed by atoms with Crippen LogP contribution in [-0.4, -0.2) is 23.1 Å². The molecule has 17 heavy (non-hydrogen) atoms. The van der Waals surface area contributed by atoms with Gasteiger partial charge in [0.05, 0.1) is 5.41 Å². The van der Waals surface area contributed by atoms with Gasteiger partial charge < -0.3 is 10.1 Å². The van der Waals surface area contributed by atoms with Crippen molar-refractivity contribution < 1.29 is 14.3 Å². The van der Waals surface area contributed by atoms with E-state index in [1.165, 1.54) is 0 Å². The fourth-order valence-corrected chi connectivity index (χ4v) is 2.83. The van der Waals surface area contributed by atoms with Gasteiger partial charge in [-0.25, -0.2) is 10.6 Å². The second kappa shape index (κ2) is 3.35. The molecule has 3 saturated carbocycles. The number of ether oxygens (including phenoxy) is 1. The van der Waals surface area contributed by atoms with Crippen molar-refractivity contribution >= 4 is 12.0 Å². The van der Waals surface area contributed by atoms with E-state index in [0.717, 1.165) is 0 Å². The van der Waals surface area contributed by atoms with Crippen LogP contribution in [0.2, 0.25) is 0 Å². The number of rotatable bonds is 2. The van der Waals surface area contributed by atoms with Gasteiger partial charge in [-0.05, 0) is 40.0 Å². The van der Waals surface area contributed by atoms with E-state index >= 15 is 0 Å². The summed E-state index contributed by atoms with van der Waals surface area (Å²) in [7, 11) is 0. The van der Waals surface area contributed by atoms with Gasteiger partial charge >= 0.3 is 6.09 Å². The molecule has 3 fully saturated rings. The number of hydrogen-bond acceptors (Lipinski definition) is 4. The van der Waals surface area contributed by atoms with Gasteiger partial charge in [-0.2, -0.15) is 0 Å². The minimum atomic E-state index is -0.500. The molecule has 0 aromatic rings. The van der Waals surface area contributed by atoms with E-state index in [-0.39, 0.29) is 16.9 Å². The molecule has 3 aliphatic carbocycles. The Labute approximate surface area is 100 Å². The minimum Gasteiger partial charge on any atom is -0.444 e. The van der Waals surface area contributed by atoms with E-state index in [4.69, 9.17) is 10.6 Å². The summed E-state index contributed by atoms with van der Waals surface area (Å²) >= 11 is 0. The van der Waals surface area contributed by atoms with Gasteiger partial charge in [0, 0.05) is 5.54 Å². The molecule has 0 spiro atoms. The average molecular weight is 241 g/mol. The van der Waals surface area contributed by atoms with Crippen LogP contribution in [0.4, 0.5) is 4.79 Å². The highest BCUT2D eigenvalue weighted by Gasteiger charge is 2.72. The molecule has 0 saturated heterocycles. The van der Waals surface area contributed by atoms with Crippen LogP contribution in [0.1, 0.15) is 40.0 Å². The molecule has 0 heterocycles. The number of amides is 2. The Morgan fingerprint density at radius 2 is 1.76 bits per heavy atom. The highest BCUT2D eigenvalue weighted by molar-refractivity contribution is 5.87. The first-order valence-corrected chi connectivity index (χ1v) is 5.73. The topological polar surface area (TPSA) is 93.4 Å². The SMILES string of the molecule is CC(C)(C)OC(=O)NC12CC(C(=O)NN)(C1)C2. The van der Waals surface area contributed by atoms with Crippen molar-refractivity contribution in [3.8, 4) is 0 Å². The fourth-order valence-electron chi connectivity index (χ4n) is 2.83. The lowest BCUT2D eigenvalue weighted by molar-refractivity contribution is -0.179. The highest BCUT2D eigenvalue weighted by Crippen LogP contribution is 2.67. The predicted molar refractivity (Wildman–Crippen MR) is 60.7 cm³/mol. The largest absolute Gasteiger partial charge is 0.444 e. The number of carbonyl (C=O) groups excluding carboxylic acids is 2. The van der Waals surface area contributed by atoms with E-state index in [2.05, 4.69) is 10.7 Å². The smallest absolute Gasteiger partial charge is 0.408 e.